The van der Waals surface area contributed by atoms with Crippen LogP contribution in [0.5, 0.6) is 0 Å². The third-order valence-electron chi connectivity index (χ3n) is 5.07. The van der Waals surface area contributed by atoms with Crippen molar-refractivity contribution in [2.45, 2.75) is 18.4 Å². The summed E-state index contributed by atoms with van der Waals surface area (Å²) < 4.78 is 5.40. The van der Waals surface area contributed by atoms with Crippen LogP contribution >= 0.6 is 11.3 Å². The standard InChI is InChI=1S/C19H19N3O4S/c20-16(23)15-5-4-14(27-15)12-2-1-3-13(10-12)17(24)22-8-6-19(7-9-22)11-21-18(25)26-19/h1-5,10H,6-9,11H2,(H2,20,23)(H,21,25). The molecule has 0 radical (unpaired) electrons. The molecule has 8 heteroatoms. The number of ether oxygens (including phenoxy) is 1. The number of rotatable bonds is 3. The quantitative estimate of drug-likeness (QED) is 0.846. The van der Waals surface area contributed by atoms with Crippen LogP contribution in [0.1, 0.15) is 32.9 Å². The minimum absolute atomic E-state index is 0.0457. The average Bonchev–Trinajstić information content (AvgIpc) is 3.30. The predicted octanol–water partition coefficient (Wildman–Crippen LogP) is 2.23. The summed E-state index contributed by atoms with van der Waals surface area (Å²) in [4.78, 5) is 38.7. The van der Waals surface area contributed by atoms with E-state index in [0.717, 1.165) is 10.4 Å². The van der Waals surface area contributed by atoms with Crippen LogP contribution in [-0.2, 0) is 4.74 Å². The number of nitrogens with zero attached hydrogens (tertiary/aromatic N) is 1. The maximum absolute atomic E-state index is 12.9. The molecule has 1 aromatic heterocycles. The number of thiophene rings is 1. The first-order valence-electron chi connectivity index (χ1n) is 8.72. The molecule has 2 aliphatic rings. The topological polar surface area (TPSA) is 102 Å². The Labute approximate surface area is 160 Å². The van der Waals surface area contributed by atoms with E-state index in [4.69, 9.17) is 10.5 Å². The highest BCUT2D eigenvalue weighted by atomic mass is 32.1. The van der Waals surface area contributed by atoms with E-state index in [1.165, 1.54) is 11.3 Å². The lowest BCUT2D eigenvalue weighted by Crippen LogP contribution is -2.48. The molecule has 1 spiro atoms. The summed E-state index contributed by atoms with van der Waals surface area (Å²) in [6.07, 6.45) is 0.877. The monoisotopic (exact) mass is 385 g/mol. The molecule has 0 aliphatic carbocycles. The first-order valence-corrected chi connectivity index (χ1v) is 9.54. The summed E-state index contributed by atoms with van der Waals surface area (Å²) in [5, 5.41) is 2.69. The van der Waals surface area contributed by atoms with Gasteiger partial charge in [0.25, 0.3) is 11.8 Å². The number of alkyl carbamates (subject to hydrolysis) is 1. The number of amides is 3. The van der Waals surface area contributed by atoms with Crippen LogP contribution < -0.4 is 11.1 Å². The van der Waals surface area contributed by atoms with Gasteiger partial charge in [-0.3, -0.25) is 9.59 Å². The van der Waals surface area contributed by atoms with Crippen LogP contribution in [0.3, 0.4) is 0 Å². The highest BCUT2D eigenvalue weighted by Crippen LogP contribution is 2.31. The number of likely N-dealkylation sites (tertiary alicyclic amines) is 1. The lowest BCUT2D eigenvalue weighted by molar-refractivity contribution is 0.00330. The zero-order valence-corrected chi connectivity index (χ0v) is 15.4. The van der Waals surface area contributed by atoms with Crippen LogP contribution in [0, 0.1) is 0 Å². The lowest BCUT2D eigenvalue weighted by atomic mass is 9.91. The van der Waals surface area contributed by atoms with E-state index in [9.17, 15) is 14.4 Å². The van der Waals surface area contributed by atoms with Gasteiger partial charge in [-0.25, -0.2) is 4.79 Å². The molecule has 2 aliphatic heterocycles. The average molecular weight is 385 g/mol. The van der Waals surface area contributed by atoms with Gasteiger partial charge in [0.1, 0.15) is 5.60 Å². The Hall–Kier alpha value is -2.87. The third kappa shape index (κ3) is 3.40. The van der Waals surface area contributed by atoms with E-state index in [-0.39, 0.29) is 12.0 Å². The number of nitrogens with two attached hydrogens (primary N) is 1. The second kappa shape index (κ2) is 6.70. The fraction of sp³-hybridized carbons (Fsp3) is 0.316. The summed E-state index contributed by atoms with van der Waals surface area (Å²) in [5.41, 5.74) is 6.31. The van der Waals surface area contributed by atoms with Crippen molar-refractivity contribution in [2.75, 3.05) is 19.6 Å². The fourth-order valence-corrected chi connectivity index (χ4v) is 4.37. The molecule has 0 saturated carbocycles. The number of carbonyl (C=O) groups is 3. The van der Waals surface area contributed by atoms with E-state index in [2.05, 4.69) is 5.32 Å². The first kappa shape index (κ1) is 17.5. The van der Waals surface area contributed by atoms with Crippen LogP contribution in [-0.4, -0.2) is 48.0 Å². The van der Waals surface area contributed by atoms with Gasteiger partial charge in [0.2, 0.25) is 0 Å². The van der Waals surface area contributed by atoms with Gasteiger partial charge in [-0.05, 0) is 29.8 Å². The zero-order chi connectivity index (χ0) is 19.0. The molecule has 2 saturated heterocycles. The summed E-state index contributed by atoms with van der Waals surface area (Å²) in [7, 11) is 0. The largest absolute Gasteiger partial charge is 0.441 e. The van der Waals surface area contributed by atoms with Crippen molar-refractivity contribution in [3.8, 4) is 10.4 Å². The molecule has 0 atom stereocenters. The van der Waals surface area contributed by atoms with Crippen molar-refractivity contribution in [1.29, 1.82) is 0 Å². The molecule has 3 amide bonds. The van der Waals surface area contributed by atoms with Gasteiger partial charge < -0.3 is 20.7 Å². The molecule has 2 fully saturated rings. The molecule has 2 aromatic rings. The number of primary amides is 1. The Morgan fingerprint density at radius 1 is 1.19 bits per heavy atom. The van der Waals surface area contributed by atoms with Gasteiger partial charge in [-0.15, -0.1) is 11.3 Å². The van der Waals surface area contributed by atoms with E-state index in [1.54, 1.807) is 17.0 Å². The zero-order valence-electron chi connectivity index (χ0n) is 14.6. The van der Waals surface area contributed by atoms with E-state index < -0.39 is 11.5 Å². The predicted molar refractivity (Wildman–Crippen MR) is 101 cm³/mol. The molecule has 140 valence electrons. The summed E-state index contributed by atoms with van der Waals surface area (Å²) in [6, 6.07) is 10.9. The summed E-state index contributed by atoms with van der Waals surface area (Å²) >= 11 is 1.31. The Morgan fingerprint density at radius 2 is 1.96 bits per heavy atom. The lowest BCUT2D eigenvalue weighted by Gasteiger charge is -2.37. The van der Waals surface area contributed by atoms with E-state index in [0.29, 0.717) is 42.9 Å². The van der Waals surface area contributed by atoms with E-state index >= 15 is 0 Å². The second-order valence-corrected chi connectivity index (χ2v) is 7.91. The number of hydrogen-bond donors (Lipinski definition) is 2. The van der Waals surface area contributed by atoms with Crippen molar-refractivity contribution >= 4 is 29.2 Å². The maximum atomic E-state index is 12.9. The van der Waals surface area contributed by atoms with Crippen LogP contribution in [0.4, 0.5) is 4.79 Å². The first-order chi connectivity index (χ1) is 13.0. The molecule has 27 heavy (non-hydrogen) atoms. The molecule has 1 aromatic carbocycles. The van der Waals surface area contributed by atoms with Gasteiger partial charge in [-0.1, -0.05) is 12.1 Å². The van der Waals surface area contributed by atoms with Crippen molar-refractivity contribution in [3.63, 3.8) is 0 Å². The molecule has 7 nitrogen and oxygen atoms in total. The van der Waals surface area contributed by atoms with Crippen molar-refractivity contribution in [3.05, 3.63) is 46.8 Å². The van der Waals surface area contributed by atoms with Crippen molar-refractivity contribution in [1.82, 2.24) is 10.2 Å². The summed E-state index contributed by atoms with van der Waals surface area (Å²) in [6.45, 7) is 1.59. The molecule has 3 N–H and O–H groups in total. The number of benzene rings is 1. The Kier molecular flexibility index (Phi) is 4.35. The number of piperidine rings is 1. The molecule has 3 heterocycles. The highest BCUT2D eigenvalue weighted by Gasteiger charge is 2.43. The second-order valence-electron chi connectivity index (χ2n) is 6.83. The maximum Gasteiger partial charge on any atom is 0.407 e. The smallest absolute Gasteiger partial charge is 0.407 e. The van der Waals surface area contributed by atoms with E-state index in [1.807, 2.05) is 24.3 Å². The van der Waals surface area contributed by atoms with Crippen molar-refractivity contribution < 1.29 is 19.1 Å². The SMILES string of the molecule is NC(=O)c1ccc(-c2cccc(C(=O)N3CCC4(CC3)CNC(=O)O4)c2)s1. The fourth-order valence-electron chi connectivity index (χ4n) is 3.51. The van der Waals surface area contributed by atoms with Crippen LogP contribution in [0.2, 0.25) is 0 Å². The van der Waals surface area contributed by atoms with Gasteiger partial charge in [-0.2, -0.15) is 0 Å². The molecular weight excluding hydrogens is 366 g/mol. The third-order valence-corrected chi connectivity index (χ3v) is 6.22. The number of nitrogens with one attached hydrogen (secondary N) is 1. The Balaban J connectivity index is 1.48. The minimum atomic E-state index is -0.474. The van der Waals surface area contributed by atoms with Crippen LogP contribution in [0.25, 0.3) is 10.4 Å². The molecule has 0 unspecified atom stereocenters. The van der Waals surface area contributed by atoms with Gasteiger partial charge in [0, 0.05) is 36.4 Å². The highest BCUT2D eigenvalue weighted by molar-refractivity contribution is 7.17. The normalized spacial score (nSPS) is 18.2. The minimum Gasteiger partial charge on any atom is -0.441 e. The van der Waals surface area contributed by atoms with Crippen LogP contribution in [0.15, 0.2) is 36.4 Å². The van der Waals surface area contributed by atoms with Gasteiger partial charge in [0.15, 0.2) is 0 Å². The van der Waals surface area contributed by atoms with Gasteiger partial charge >= 0.3 is 6.09 Å². The molecular formula is C19H19N3O4S. The van der Waals surface area contributed by atoms with Gasteiger partial charge in [0.05, 0.1) is 11.4 Å². The number of hydrogen-bond acceptors (Lipinski definition) is 5. The molecule has 0 bridgehead atoms. The Morgan fingerprint density at radius 3 is 2.59 bits per heavy atom. The number of carbonyl (C=O) groups excluding carboxylic acids is 3. The van der Waals surface area contributed by atoms with Crippen molar-refractivity contribution in [2.24, 2.45) is 5.73 Å². The Bertz CT molecular complexity index is 915. The molecule has 4 rings (SSSR count). The summed E-state index contributed by atoms with van der Waals surface area (Å²) in [5.74, 6) is -0.501.